The number of fused-ring (bicyclic) bond motifs is 1. The standard InChI is InChI=1S/C20H25N5O8S2/c1-4-5-12(26)32-9-33-19(29)15-10(6-30-2)7-34-18-14(17(28)25(15)18)23-16(27)13(24-31-3)11-8-35-20(21)22-11/h8,14,18H,4-7,9H2,1-3H3,(H2,21,22)(H,23,27)/t14?,18-/m0/s1. The third-order valence-corrected chi connectivity index (χ3v) is 6.89. The van der Waals surface area contributed by atoms with Crippen LogP contribution in [0.15, 0.2) is 21.8 Å². The van der Waals surface area contributed by atoms with Crippen LogP contribution in [0, 0.1) is 0 Å². The summed E-state index contributed by atoms with van der Waals surface area (Å²) in [5, 5.41) is 7.54. The van der Waals surface area contributed by atoms with Crippen molar-refractivity contribution in [3.63, 3.8) is 0 Å². The number of nitrogens with zero attached hydrogens (tertiary/aromatic N) is 3. The number of carbonyl (C=O) groups is 4. The first-order valence-corrected chi connectivity index (χ1v) is 12.4. The third-order valence-electron chi connectivity index (χ3n) is 4.87. The number of thiazole rings is 1. The number of carbonyl (C=O) groups excluding carboxylic acids is 4. The zero-order chi connectivity index (χ0) is 25.5. The molecule has 13 nitrogen and oxygen atoms in total. The van der Waals surface area contributed by atoms with Gasteiger partial charge in [0.15, 0.2) is 10.8 Å². The Hall–Kier alpha value is -3.17. The second kappa shape index (κ2) is 12.0. The predicted molar refractivity (Wildman–Crippen MR) is 126 cm³/mol. The van der Waals surface area contributed by atoms with E-state index in [1.807, 2.05) is 6.92 Å². The highest BCUT2D eigenvalue weighted by molar-refractivity contribution is 8.00. The second-order valence-corrected chi connectivity index (χ2v) is 9.25. The molecule has 1 fully saturated rings. The molecule has 3 rings (SSSR count). The number of ether oxygens (including phenoxy) is 3. The van der Waals surface area contributed by atoms with Crippen LogP contribution in [-0.2, 0) is 38.2 Å². The number of nitrogen functional groups attached to an aromatic ring is 1. The molecule has 3 heterocycles. The average molecular weight is 528 g/mol. The van der Waals surface area contributed by atoms with Crippen LogP contribution in [0.25, 0.3) is 0 Å². The zero-order valence-electron chi connectivity index (χ0n) is 19.3. The van der Waals surface area contributed by atoms with Crippen molar-refractivity contribution in [1.82, 2.24) is 15.2 Å². The smallest absolute Gasteiger partial charge is 0.358 e. The molecule has 0 aliphatic carbocycles. The molecule has 1 aromatic heterocycles. The number of rotatable bonds is 11. The van der Waals surface area contributed by atoms with Crippen LogP contribution in [0.5, 0.6) is 0 Å². The van der Waals surface area contributed by atoms with Gasteiger partial charge in [-0.05, 0) is 12.0 Å². The van der Waals surface area contributed by atoms with Gasteiger partial charge in [-0.25, -0.2) is 9.78 Å². The van der Waals surface area contributed by atoms with E-state index in [0.717, 1.165) is 11.3 Å². The molecular weight excluding hydrogens is 502 g/mol. The number of aromatic nitrogens is 1. The molecule has 1 unspecified atom stereocenters. The number of hydrogen-bond donors (Lipinski definition) is 2. The van der Waals surface area contributed by atoms with Gasteiger partial charge in [0.1, 0.15) is 29.9 Å². The molecule has 1 aromatic rings. The summed E-state index contributed by atoms with van der Waals surface area (Å²) in [6, 6.07) is -0.931. The van der Waals surface area contributed by atoms with Crippen molar-refractivity contribution in [2.45, 2.75) is 31.2 Å². The lowest BCUT2D eigenvalue weighted by Gasteiger charge is -2.49. The highest BCUT2D eigenvalue weighted by atomic mass is 32.2. The van der Waals surface area contributed by atoms with E-state index in [0.29, 0.717) is 17.7 Å². The Balaban J connectivity index is 1.72. The molecule has 0 saturated carbocycles. The van der Waals surface area contributed by atoms with Crippen LogP contribution in [0.4, 0.5) is 5.13 Å². The highest BCUT2D eigenvalue weighted by Crippen LogP contribution is 2.40. The molecule has 0 radical (unpaired) electrons. The van der Waals surface area contributed by atoms with Crippen LogP contribution in [0.2, 0.25) is 0 Å². The predicted octanol–water partition coefficient (Wildman–Crippen LogP) is 0.220. The largest absolute Gasteiger partial charge is 0.428 e. The summed E-state index contributed by atoms with van der Waals surface area (Å²) < 4.78 is 15.1. The minimum Gasteiger partial charge on any atom is -0.428 e. The fourth-order valence-corrected chi connectivity index (χ4v) is 5.23. The number of β-lactam (4-membered cyclic amide) rings is 1. The van der Waals surface area contributed by atoms with E-state index in [4.69, 9.17) is 24.8 Å². The topological polar surface area (TPSA) is 172 Å². The molecule has 0 spiro atoms. The highest BCUT2D eigenvalue weighted by Gasteiger charge is 2.54. The Bertz CT molecular complexity index is 1060. The van der Waals surface area contributed by atoms with Crippen LogP contribution in [0.1, 0.15) is 25.5 Å². The lowest BCUT2D eigenvalue weighted by molar-refractivity contribution is -0.168. The van der Waals surface area contributed by atoms with Crippen molar-refractivity contribution in [2.24, 2.45) is 5.16 Å². The molecule has 2 atom stereocenters. The maximum atomic E-state index is 13.0. The molecule has 35 heavy (non-hydrogen) atoms. The van der Waals surface area contributed by atoms with E-state index in [1.165, 1.54) is 36.3 Å². The Morgan fingerprint density at radius 1 is 1.31 bits per heavy atom. The normalized spacial score (nSPS) is 19.6. The zero-order valence-corrected chi connectivity index (χ0v) is 20.9. The Kier molecular flexibility index (Phi) is 9.06. The van der Waals surface area contributed by atoms with Crippen molar-refractivity contribution in [3.8, 4) is 0 Å². The van der Waals surface area contributed by atoms with E-state index < -0.39 is 42.0 Å². The van der Waals surface area contributed by atoms with E-state index in [-0.39, 0.29) is 35.3 Å². The van der Waals surface area contributed by atoms with Gasteiger partial charge < -0.3 is 30.1 Å². The average Bonchev–Trinajstić information content (AvgIpc) is 3.26. The van der Waals surface area contributed by atoms with Gasteiger partial charge in [0, 0.05) is 24.7 Å². The number of hydrogen-bond acceptors (Lipinski definition) is 13. The van der Waals surface area contributed by atoms with Crippen LogP contribution >= 0.6 is 23.1 Å². The number of nitrogens with two attached hydrogens (primary N) is 1. The van der Waals surface area contributed by atoms with Crippen LogP contribution in [-0.4, -0.2) is 84.1 Å². The van der Waals surface area contributed by atoms with Gasteiger partial charge in [0.25, 0.3) is 11.8 Å². The SMILES string of the molecule is CCCC(=O)OCOC(=O)C1=C(COC)CS[C@H]2C(NC(=O)C(=NOC)c3csc(N)n3)C(=O)N12. The van der Waals surface area contributed by atoms with Gasteiger partial charge in [-0.3, -0.25) is 19.3 Å². The summed E-state index contributed by atoms with van der Waals surface area (Å²) in [6.07, 6.45) is 0.790. The summed E-state index contributed by atoms with van der Waals surface area (Å²) >= 11 is 2.47. The molecule has 15 heteroatoms. The fourth-order valence-electron chi connectivity index (χ4n) is 3.35. The maximum Gasteiger partial charge on any atom is 0.358 e. The van der Waals surface area contributed by atoms with Crippen molar-refractivity contribution in [3.05, 3.63) is 22.3 Å². The molecule has 0 bridgehead atoms. The van der Waals surface area contributed by atoms with Gasteiger partial charge in [-0.15, -0.1) is 23.1 Å². The van der Waals surface area contributed by atoms with E-state index in [1.54, 1.807) is 0 Å². The minimum absolute atomic E-state index is 0.00990. The number of esters is 2. The van der Waals surface area contributed by atoms with Gasteiger partial charge in [0.2, 0.25) is 6.79 Å². The first-order chi connectivity index (χ1) is 16.8. The third kappa shape index (κ3) is 5.91. The number of amides is 2. The van der Waals surface area contributed by atoms with E-state index >= 15 is 0 Å². The van der Waals surface area contributed by atoms with E-state index in [9.17, 15) is 19.2 Å². The molecule has 2 amide bonds. The first kappa shape index (κ1) is 26.4. The van der Waals surface area contributed by atoms with Crippen molar-refractivity contribution in [2.75, 3.05) is 39.1 Å². The van der Waals surface area contributed by atoms with Crippen LogP contribution in [0.3, 0.4) is 0 Å². The van der Waals surface area contributed by atoms with Crippen molar-refractivity contribution in [1.29, 1.82) is 0 Å². The first-order valence-electron chi connectivity index (χ1n) is 10.4. The van der Waals surface area contributed by atoms with Crippen LogP contribution < -0.4 is 11.1 Å². The molecular formula is C20H25N5O8S2. The number of anilines is 1. The number of nitrogens with one attached hydrogen (secondary N) is 1. The molecule has 2 aliphatic heterocycles. The number of methoxy groups -OCH3 is 1. The van der Waals surface area contributed by atoms with Gasteiger partial charge in [-0.2, -0.15) is 0 Å². The molecule has 3 N–H and O–H groups in total. The maximum absolute atomic E-state index is 13.0. The summed E-state index contributed by atoms with van der Waals surface area (Å²) in [5.74, 6) is -2.18. The Labute approximate surface area is 209 Å². The molecule has 190 valence electrons. The Morgan fingerprint density at radius 2 is 2.09 bits per heavy atom. The summed E-state index contributed by atoms with van der Waals surface area (Å²) in [7, 11) is 2.73. The second-order valence-electron chi connectivity index (χ2n) is 7.26. The lowest BCUT2D eigenvalue weighted by atomic mass is 10.0. The number of oxime groups is 1. The van der Waals surface area contributed by atoms with Gasteiger partial charge >= 0.3 is 11.9 Å². The lowest BCUT2D eigenvalue weighted by Crippen LogP contribution is -2.71. The fraction of sp³-hybridized carbons (Fsp3) is 0.500. The monoisotopic (exact) mass is 527 g/mol. The molecule has 0 aromatic carbocycles. The quantitative estimate of drug-likeness (QED) is 0.133. The van der Waals surface area contributed by atoms with Gasteiger partial charge in [-0.1, -0.05) is 12.1 Å². The van der Waals surface area contributed by atoms with E-state index in [2.05, 4.69) is 15.5 Å². The molecule has 2 aliphatic rings. The molecule has 1 saturated heterocycles. The number of thioether (sulfide) groups is 1. The van der Waals surface area contributed by atoms with Crippen molar-refractivity contribution < 1.29 is 38.2 Å². The van der Waals surface area contributed by atoms with Crippen molar-refractivity contribution >= 4 is 57.7 Å². The Morgan fingerprint density at radius 3 is 2.71 bits per heavy atom. The summed E-state index contributed by atoms with van der Waals surface area (Å²) in [4.78, 5) is 60.2. The summed E-state index contributed by atoms with van der Waals surface area (Å²) in [5.41, 5.74) is 6.25. The minimum atomic E-state index is -0.931. The summed E-state index contributed by atoms with van der Waals surface area (Å²) in [6.45, 7) is 1.33. The van der Waals surface area contributed by atoms with Gasteiger partial charge in [0.05, 0.1) is 6.61 Å².